The highest BCUT2D eigenvalue weighted by molar-refractivity contribution is 5.90. The first-order valence-corrected chi connectivity index (χ1v) is 5.59. The molecule has 0 radical (unpaired) electrons. The summed E-state index contributed by atoms with van der Waals surface area (Å²) in [6, 6.07) is -0.0997. The zero-order valence-corrected chi connectivity index (χ0v) is 10.4. The van der Waals surface area contributed by atoms with E-state index in [4.69, 9.17) is 0 Å². The molecule has 1 aliphatic heterocycles. The van der Waals surface area contributed by atoms with Crippen LogP contribution in [-0.2, 0) is 19.1 Å². The summed E-state index contributed by atoms with van der Waals surface area (Å²) in [5, 5.41) is 2.61. The Balaban J connectivity index is 2.67. The number of nitrogens with one attached hydrogen (secondary N) is 1. The van der Waals surface area contributed by atoms with E-state index in [1.165, 1.54) is 12.0 Å². The number of hydrogen-bond donors (Lipinski definition) is 1. The second-order valence-corrected chi connectivity index (χ2v) is 4.34. The Bertz CT molecular complexity index is 327. The molecule has 1 N–H and O–H groups in total. The Hall–Kier alpha value is -1.59. The first kappa shape index (κ1) is 13.5. The van der Waals surface area contributed by atoms with Crippen LogP contribution in [0.5, 0.6) is 0 Å². The number of esters is 1. The number of ether oxygens (including phenoxy) is 1. The highest BCUT2D eigenvalue weighted by Crippen LogP contribution is 2.14. The SMILES string of the molecule is COC(=O)CN(C(=O)C1CNC(=O)C1)C(C)C. The molecule has 0 aromatic carbocycles. The largest absolute Gasteiger partial charge is 0.468 e. The summed E-state index contributed by atoms with van der Waals surface area (Å²) in [7, 11) is 1.28. The topological polar surface area (TPSA) is 75.7 Å². The van der Waals surface area contributed by atoms with Gasteiger partial charge in [0.05, 0.1) is 13.0 Å². The molecule has 6 nitrogen and oxygen atoms in total. The van der Waals surface area contributed by atoms with E-state index < -0.39 is 5.97 Å². The Morgan fingerprint density at radius 3 is 2.59 bits per heavy atom. The molecular formula is C11H18N2O4. The van der Waals surface area contributed by atoms with Crippen molar-refractivity contribution in [2.45, 2.75) is 26.3 Å². The Kier molecular flexibility index (Phi) is 4.48. The van der Waals surface area contributed by atoms with Crippen molar-refractivity contribution in [1.29, 1.82) is 0 Å². The molecule has 96 valence electrons. The van der Waals surface area contributed by atoms with Gasteiger partial charge in [0.1, 0.15) is 6.54 Å². The first-order chi connectivity index (χ1) is 7.95. The smallest absolute Gasteiger partial charge is 0.325 e. The van der Waals surface area contributed by atoms with Crippen molar-refractivity contribution in [2.24, 2.45) is 5.92 Å². The van der Waals surface area contributed by atoms with Crippen LogP contribution in [0.4, 0.5) is 0 Å². The summed E-state index contributed by atoms with van der Waals surface area (Å²) >= 11 is 0. The van der Waals surface area contributed by atoms with E-state index in [1.807, 2.05) is 13.8 Å². The third-order valence-electron chi connectivity index (χ3n) is 2.76. The monoisotopic (exact) mass is 242 g/mol. The fourth-order valence-electron chi connectivity index (χ4n) is 1.73. The molecule has 0 bridgehead atoms. The van der Waals surface area contributed by atoms with Gasteiger partial charge in [-0.05, 0) is 13.8 Å². The highest BCUT2D eigenvalue weighted by atomic mass is 16.5. The molecule has 1 saturated heterocycles. The van der Waals surface area contributed by atoms with Gasteiger partial charge in [-0.25, -0.2) is 0 Å². The third-order valence-corrected chi connectivity index (χ3v) is 2.76. The van der Waals surface area contributed by atoms with E-state index in [9.17, 15) is 14.4 Å². The number of amides is 2. The van der Waals surface area contributed by atoms with Crippen molar-refractivity contribution in [3.63, 3.8) is 0 Å². The molecule has 0 spiro atoms. The van der Waals surface area contributed by atoms with Crippen LogP contribution in [-0.4, -0.2) is 48.9 Å². The molecule has 1 heterocycles. The van der Waals surface area contributed by atoms with Gasteiger partial charge < -0.3 is 15.0 Å². The van der Waals surface area contributed by atoms with Gasteiger partial charge in [0.2, 0.25) is 11.8 Å². The van der Waals surface area contributed by atoms with Crippen molar-refractivity contribution >= 4 is 17.8 Å². The van der Waals surface area contributed by atoms with E-state index in [0.29, 0.717) is 6.54 Å². The van der Waals surface area contributed by atoms with Gasteiger partial charge >= 0.3 is 5.97 Å². The van der Waals surface area contributed by atoms with E-state index in [2.05, 4.69) is 10.1 Å². The van der Waals surface area contributed by atoms with Gasteiger partial charge in [0.25, 0.3) is 0 Å². The minimum atomic E-state index is -0.454. The number of hydrogen-bond acceptors (Lipinski definition) is 4. The van der Waals surface area contributed by atoms with Crippen LogP contribution in [0.25, 0.3) is 0 Å². The van der Waals surface area contributed by atoms with Crippen LogP contribution in [0.2, 0.25) is 0 Å². The van der Waals surface area contributed by atoms with E-state index >= 15 is 0 Å². The molecule has 17 heavy (non-hydrogen) atoms. The average Bonchev–Trinajstić information content (AvgIpc) is 2.71. The molecule has 0 aromatic rings. The summed E-state index contributed by atoms with van der Waals surface area (Å²) in [5.74, 6) is -1.12. The van der Waals surface area contributed by atoms with Crippen LogP contribution >= 0.6 is 0 Å². The van der Waals surface area contributed by atoms with Gasteiger partial charge in [-0.2, -0.15) is 0 Å². The van der Waals surface area contributed by atoms with Crippen LogP contribution in [0.3, 0.4) is 0 Å². The van der Waals surface area contributed by atoms with Gasteiger partial charge in [-0.1, -0.05) is 0 Å². The maximum absolute atomic E-state index is 12.1. The molecule has 2 amide bonds. The third kappa shape index (κ3) is 3.44. The number of carbonyl (C=O) groups excluding carboxylic acids is 3. The van der Waals surface area contributed by atoms with Crippen LogP contribution in [0.1, 0.15) is 20.3 Å². The maximum atomic E-state index is 12.1. The lowest BCUT2D eigenvalue weighted by Gasteiger charge is -2.27. The van der Waals surface area contributed by atoms with E-state index in [0.717, 1.165) is 0 Å². The lowest BCUT2D eigenvalue weighted by molar-refractivity contribution is -0.149. The van der Waals surface area contributed by atoms with Gasteiger partial charge in [0.15, 0.2) is 0 Å². The van der Waals surface area contributed by atoms with E-state index in [-0.39, 0.29) is 36.7 Å². The normalized spacial score (nSPS) is 19.1. The summed E-state index contributed by atoms with van der Waals surface area (Å²) in [6.45, 7) is 3.93. The number of rotatable bonds is 4. The number of nitrogens with zero attached hydrogens (tertiary/aromatic N) is 1. The molecule has 0 aliphatic carbocycles. The van der Waals surface area contributed by atoms with Crippen LogP contribution in [0, 0.1) is 5.92 Å². The molecular weight excluding hydrogens is 224 g/mol. The molecule has 0 saturated carbocycles. The molecule has 1 unspecified atom stereocenters. The highest BCUT2D eigenvalue weighted by Gasteiger charge is 2.33. The summed E-state index contributed by atoms with van der Waals surface area (Å²) < 4.78 is 4.55. The summed E-state index contributed by atoms with van der Waals surface area (Å²) in [4.78, 5) is 35.8. The van der Waals surface area contributed by atoms with Gasteiger partial charge in [0, 0.05) is 19.0 Å². The Labute approximate surface area is 100 Å². The minimum Gasteiger partial charge on any atom is -0.468 e. The van der Waals surface area contributed by atoms with Crippen molar-refractivity contribution < 1.29 is 19.1 Å². The maximum Gasteiger partial charge on any atom is 0.325 e. The minimum absolute atomic E-state index is 0.0717. The molecule has 1 aliphatic rings. The Morgan fingerprint density at radius 2 is 2.18 bits per heavy atom. The second kappa shape index (κ2) is 5.65. The molecule has 1 rings (SSSR count). The average molecular weight is 242 g/mol. The van der Waals surface area contributed by atoms with Crippen molar-refractivity contribution in [1.82, 2.24) is 10.2 Å². The van der Waals surface area contributed by atoms with Gasteiger partial charge in [-0.3, -0.25) is 14.4 Å². The number of carbonyl (C=O) groups is 3. The zero-order valence-electron chi connectivity index (χ0n) is 10.4. The summed E-state index contributed by atoms with van der Waals surface area (Å²) in [6.07, 6.45) is 0.198. The second-order valence-electron chi connectivity index (χ2n) is 4.34. The van der Waals surface area contributed by atoms with Crippen molar-refractivity contribution in [3.8, 4) is 0 Å². The van der Waals surface area contributed by atoms with E-state index in [1.54, 1.807) is 0 Å². The predicted octanol–water partition coefficient (Wildman–Crippen LogP) is -0.467. The van der Waals surface area contributed by atoms with Crippen LogP contribution in [0.15, 0.2) is 0 Å². The van der Waals surface area contributed by atoms with Crippen LogP contribution < -0.4 is 5.32 Å². The lowest BCUT2D eigenvalue weighted by Crippen LogP contribution is -2.44. The lowest BCUT2D eigenvalue weighted by atomic mass is 10.1. The number of methoxy groups -OCH3 is 1. The van der Waals surface area contributed by atoms with Crippen molar-refractivity contribution in [2.75, 3.05) is 20.2 Å². The first-order valence-electron chi connectivity index (χ1n) is 5.59. The summed E-state index contributed by atoms with van der Waals surface area (Å²) in [5.41, 5.74) is 0. The Morgan fingerprint density at radius 1 is 1.53 bits per heavy atom. The predicted molar refractivity (Wildman–Crippen MR) is 60.0 cm³/mol. The quantitative estimate of drug-likeness (QED) is 0.676. The fourth-order valence-corrected chi connectivity index (χ4v) is 1.73. The van der Waals surface area contributed by atoms with Gasteiger partial charge in [-0.15, -0.1) is 0 Å². The fraction of sp³-hybridized carbons (Fsp3) is 0.727. The molecule has 6 heteroatoms. The standard InChI is InChI=1S/C11H18N2O4/c1-7(2)13(6-10(15)17-3)11(16)8-4-9(14)12-5-8/h7-8H,4-6H2,1-3H3,(H,12,14). The van der Waals surface area contributed by atoms with Crippen molar-refractivity contribution in [3.05, 3.63) is 0 Å². The zero-order chi connectivity index (χ0) is 13.0. The molecule has 1 atom stereocenters. The molecule has 0 aromatic heterocycles. The molecule has 1 fully saturated rings.